The van der Waals surface area contributed by atoms with Gasteiger partial charge in [-0.1, -0.05) is 0 Å². The van der Waals surface area contributed by atoms with Gasteiger partial charge in [0.15, 0.2) is 0 Å². The number of hydrogen-bond acceptors (Lipinski definition) is 3. The van der Waals surface area contributed by atoms with Gasteiger partial charge in [0, 0.05) is 16.8 Å². The van der Waals surface area contributed by atoms with Crippen LogP contribution in [-0.2, 0) is 0 Å². The average Bonchev–Trinajstić information content (AvgIpc) is 3.04. The minimum Gasteiger partial charge on any atom is -0.464 e. The molecule has 1 aromatic carbocycles. The van der Waals surface area contributed by atoms with Gasteiger partial charge in [0.25, 0.3) is 0 Å². The smallest absolute Gasteiger partial charge is 0.136 e. The molecule has 2 aromatic heterocycles. The van der Waals surface area contributed by atoms with Crippen molar-refractivity contribution >= 4 is 21.9 Å². The van der Waals surface area contributed by atoms with E-state index in [1.54, 1.807) is 6.26 Å². The van der Waals surface area contributed by atoms with E-state index in [1.165, 1.54) is 6.42 Å². The summed E-state index contributed by atoms with van der Waals surface area (Å²) in [6, 6.07) is 6.61. The van der Waals surface area contributed by atoms with Crippen LogP contribution in [0.1, 0.15) is 25.3 Å². The van der Waals surface area contributed by atoms with Gasteiger partial charge in [0.2, 0.25) is 0 Å². The number of nitrogens with zero attached hydrogens (tertiary/aromatic N) is 2. The summed E-state index contributed by atoms with van der Waals surface area (Å²) in [6.07, 6.45) is 7.05. The molecular formula is C14H15N3O. The Morgan fingerprint density at radius 1 is 1.28 bits per heavy atom. The first-order chi connectivity index (χ1) is 8.84. The summed E-state index contributed by atoms with van der Waals surface area (Å²) in [6.45, 7) is 0. The molecule has 2 atom stereocenters. The molecule has 2 unspecified atom stereocenters. The predicted octanol–water partition coefficient (Wildman–Crippen LogP) is 2.83. The van der Waals surface area contributed by atoms with Crippen LogP contribution in [0.25, 0.3) is 21.9 Å². The van der Waals surface area contributed by atoms with Crippen LogP contribution < -0.4 is 5.73 Å². The van der Waals surface area contributed by atoms with E-state index in [-0.39, 0.29) is 6.04 Å². The number of hydrogen-bond donors (Lipinski definition) is 1. The first-order valence-electron chi connectivity index (χ1n) is 6.43. The van der Waals surface area contributed by atoms with E-state index in [2.05, 4.69) is 15.8 Å². The van der Waals surface area contributed by atoms with Gasteiger partial charge in [-0.05, 0) is 37.5 Å². The van der Waals surface area contributed by atoms with Gasteiger partial charge in [-0.2, -0.15) is 5.10 Å². The second-order valence-corrected chi connectivity index (χ2v) is 5.09. The molecule has 92 valence electrons. The molecule has 2 heterocycles. The normalized spacial score (nSPS) is 24.3. The molecule has 1 fully saturated rings. The van der Waals surface area contributed by atoms with E-state index in [1.807, 2.05) is 18.3 Å². The van der Waals surface area contributed by atoms with Crippen LogP contribution in [0.5, 0.6) is 0 Å². The van der Waals surface area contributed by atoms with Gasteiger partial charge in [-0.25, -0.2) is 0 Å². The molecule has 4 heteroatoms. The number of furan rings is 1. The lowest BCUT2D eigenvalue weighted by molar-refractivity contribution is 0.434. The number of rotatable bonds is 1. The summed E-state index contributed by atoms with van der Waals surface area (Å²) in [5.41, 5.74) is 8.27. The van der Waals surface area contributed by atoms with Crippen molar-refractivity contribution in [2.75, 3.05) is 0 Å². The fourth-order valence-corrected chi connectivity index (χ4v) is 3.11. The fourth-order valence-electron chi connectivity index (χ4n) is 3.11. The zero-order valence-corrected chi connectivity index (χ0v) is 10.0. The Morgan fingerprint density at radius 3 is 3.06 bits per heavy atom. The summed E-state index contributed by atoms with van der Waals surface area (Å²) in [4.78, 5) is 0. The Balaban J connectivity index is 2.02. The largest absolute Gasteiger partial charge is 0.464 e. The summed E-state index contributed by atoms with van der Waals surface area (Å²) in [5.74, 6) is 0. The third-order valence-electron chi connectivity index (χ3n) is 4.03. The standard InChI is InChI=1S/C14H15N3O/c15-11-2-1-3-12(11)17-14-9(8-16-17)4-5-13-10(14)6-7-18-13/h4-8,11-12H,1-3,15H2. The summed E-state index contributed by atoms with van der Waals surface area (Å²) < 4.78 is 7.57. The second-order valence-electron chi connectivity index (χ2n) is 5.09. The van der Waals surface area contributed by atoms with Gasteiger partial charge in [-0.3, -0.25) is 4.68 Å². The van der Waals surface area contributed by atoms with E-state index in [4.69, 9.17) is 10.2 Å². The monoisotopic (exact) mass is 241 g/mol. The summed E-state index contributed by atoms with van der Waals surface area (Å²) in [7, 11) is 0. The molecule has 2 N–H and O–H groups in total. The van der Waals surface area contributed by atoms with Crippen molar-refractivity contribution in [3.63, 3.8) is 0 Å². The zero-order valence-electron chi connectivity index (χ0n) is 10.0. The highest BCUT2D eigenvalue weighted by molar-refractivity contribution is 6.03. The lowest BCUT2D eigenvalue weighted by Crippen LogP contribution is -2.27. The second kappa shape index (κ2) is 3.59. The van der Waals surface area contributed by atoms with Crippen LogP contribution in [0.4, 0.5) is 0 Å². The molecule has 4 rings (SSSR count). The van der Waals surface area contributed by atoms with Crippen molar-refractivity contribution in [3.8, 4) is 0 Å². The topological polar surface area (TPSA) is 57.0 Å². The predicted molar refractivity (Wildman–Crippen MR) is 70.4 cm³/mol. The van der Waals surface area contributed by atoms with Crippen molar-refractivity contribution in [2.45, 2.75) is 31.3 Å². The highest BCUT2D eigenvalue weighted by Crippen LogP contribution is 2.34. The summed E-state index contributed by atoms with van der Waals surface area (Å²) >= 11 is 0. The molecule has 0 amide bonds. The van der Waals surface area contributed by atoms with Crippen molar-refractivity contribution in [1.82, 2.24) is 9.78 Å². The van der Waals surface area contributed by atoms with E-state index in [9.17, 15) is 0 Å². The van der Waals surface area contributed by atoms with E-state index in [0.29, 0.717) is 6.04 Å². The Kier molecular flexibility index (Phi) is 2.02. The van der Waals surface area contributed by atoms with Crippen molar-refractivity contribution in [2.24, 2.45) is 5.73 Å². The molecule has 0 saturated heterocycles. The number of nitrogens with two attached hydrogens (primary N) is 1. The van der Waals surface area contributed by atoms with Gasteiger partial charge in [0.1, 0.15) is 5.58 Å². The minimum absolute atomic E-state index is 0.218. The van der Waals surface area contributed by atoms with Gasteiger partial charge in [0.05, 0.1) is 24.0 Å². The Hall–Kier alpha value is -1.81. The highest BCUT2D eigenvalue weighted by atomic mass is 16.3. The zero-order chi connectivity index (χ0) is 12.1. The van der Waals surface area contributed by atoms with Crippen LogP contribution in [0.15, 0.2) is 35.1 Å². The van der Waals surface area contributed by atoms with Crippen LogP contribution in [0.2, 0.25) is 0 Å². The van der Waals surface area contributed by atoms with Crippen LogP contribution in [-0.4, -0.2) is 15.8 Å². The van der Waals surface area contributed by atoms with Crippen LogP contribution in [0, 0.1) is 0 Å². The third-order valence-corrected chi connectivity index (χ3v) is 4.03. The molecule has 3 aromatic rings. The Morgan fingerprint density at radius 2 is 2.22 bits per heavy atom. The molecule has 0 aliphatic heterocycles. The lowest BCUT2D eigenvalue weighted by atomic mass is 10.1. The van der Waals surface area contributed by atoms with E-state index < -0.39 is 0 Å². The molecule has 18 heavy (non-hydrogen) atoms. The van der Waals surface area contributed by atoms with Crippen LogP contribution >= 0.6 is 0 Å². The lowest BCUT2D eigenvalue weighted by Gasteiger charge is -2.17. The highest BCUT2D eigenvalue weighted by Gasteiger charge is 2.27. The molecule has 4 nitrogen and oxygen atoms in total. The third kappa shape index (κ3) is 1.26. The SMILES string of the molecule is NC1CCCC1n1ncc2ccc3occc3c21. The van der Waals surface area contributed by atoms with E-state index in [0.717, 1.165) is 34.7 Å². The first kappa shape index (κ1) is 10.1. The molecule has 1 aliphatic rings. The maximum atomic E-state index is 6.20. The fraction of sp³-hybridized carbons (Fsp3) is 0.357. The molecular weight excluding hydrogens is 226 g/mol. The minimum atomic E-state index is 0.218. The van der Waals surface area contributed by atoms with Gasteiger partial charge >= 0.3 is 0 Å². The number of aromatic nitrogens is 2. The molecule has 0 spiro atoms. The maximum Gasteiger partial charge on any atom is 0.136 e. The molecule has 0 bridgehead atoms. The maximum absolute atomic E-state index is 6.20. The Bertz CT molecular complexity index is 712. The van der Waals surface area contributed by atoms with Gasteiger partial charge in [-0.15, -0.1) is 0 Å². The number of fused-ring (bicyclic) bond motifs is 3. The molecule has 0 radical (unpaired) electrons. The van der Waals surface area contributed by atoms with Crippen molar-refractivity contribution < 1.29 is 4.42 Å². The average molecular weight is 241 g/mol. The summed E-state index contributed by atoms with van der Waals surface area (Å²) in [5, 5.41) is 6.84. The Labute approximate surface area is 104 Å². The number of benzene rings is 1. The molecule has 1 saturated carbocycles. The van der Waals surface area contributed by atoms with E-state index >= 15 is 0 Å². The quantitative estimate of drug-likeness (QED) is 0.712. The van der Waals surface area contributed by atoms with Gasteiger partial charge < -0.3 is 10.2 Å². The van der Waals surface area contributed by atoms with Crippen molar-refractivity contribution in [3.05, 3.63) is 30.7 Å². The van der Waals surface area contributed by atoms with Crippen LogP contribution in [0.3, 0.4) is 0 Å². The van der Waals surface area contributed by atoms with Crippen molar-refractivity contribution in [1.29, 1.82) is 0 Å². The molecule has 1 aliphatic carbocycles. The first-order valence-corrected chi connectivity index (χ1v) is 6.43.